The lowest BCUT2D eigenvalue weighted by atomic mass is 10.1. The Bertz CT molecular complexity index is 1340. The second kappa shape index (κ2) is 9.92. The molecule has 0 aliphatic rings. The third-order valence-corrected chi connectivity index (χ3v) is 6.29. The van der Waals surface area contributed by atoms with Crippen LogP contribution in [-0.2, 0) is 20.0 Å². The number of rotatable bonds is 9. The van der Waals surface area contributed by atoms with Gasteiger partial charge in [-0.25, -0.2) is 16.8 Å². The summed E-state index contributed by atoms with van der Waals surface area (Å²) in [7, 11) is -7.41. The molecule has 0 heterocycles. The average Bonchev–Trinajstić information content (AvgIpc) is 2.75. The number of ether oxygens (including phenoxy) is 1. The van der Waals surface area contributed by atoms with Crippen LogP contribution in [0.1, 0.15) is 17.3 Å². The van der Waals surface area contributed by atoms with Crippen molar-refractivity contribution in [3.05, 3.63) is 78.4 Å². The highest BCUT2D eigenvalue weighted by atomic mass is 32.2. The highest BCUT2D eigenvalue weighted by molar-refractivity contribution is 7.92. The van der Waals surface area contributed by atoms with Gasteiger partial charge < -0.3 is 10.1 Å². The predicted octanol–water partition coefficient (Wildman–Crippen LogP) is 3.51. The third-order valence-electron chi connectivity index (χ3n) is 4.31. The van der Waals surface area contributed by atoms with Gasteiger partial charge in [0, 0.05) is 11.4 Å². The predicted molar refractivity (Wildman–Crippen MR) is 128 cm³/mol. The molecule has 9 nitrogen and oxygen atoms in total. The molecule has 3 aromatic rings. The lowest BCUT2D eigenvalue weighted by molar-refractivity contribution is 0.102. The number of benzene rings is 3. The largest absolute Gasteiger partial charge is 0.494 e. The van der Waals surface area contributed by atoms with Gasteiger partial charge in [-0.2, -0.15) is 0 Å². The Balaban J connectivity index is 1.72. The van der Waals surface area contributed by atoms with Crippen LogP contribution in [0.15, 0.2) is 77.7 Å². The fourth-order valence-corrected chi connectivity index (χ4v) is 4.52. The summed E-state index contributed by atoms with van der Waals surface area (Å²) >= 11 is 0. The van der Waals surface area contributed by atoms with Crippen molar-refractivity contribution in [1.29, 1.82) is 0 Å². The van der Waals surface area contributed by atoms with Crippen molar-refractivity contribution >= 4 is 43.0 Å². The van der Waals surface area contributed by atoms with E-state index in [9.17, 15) is 21.6 Å². The number of para-hydroxylation sites is 1. The van der Waals surface area contributed by atoms with E-state index in [0.29, 0.717) is 23.7 Å². The van der Waals surface area contributed by atoms with Gasteiger partial charge in [0.15, 0.2) is 0 Å². The van der Waals surface area contributed by atoms with Gasteiger partial charge in [0.1, 0.15) is 5.75 Å². The maximum Gasteiger partial charge on any atom is 0.261 e. The van der Waals surface area contributed by atoms with Gasteiger partial charge in [0.05, 0.1) is 29.0 Å². The molecule has 11 heteroatoms. The molecule has 0 saturated carbocycles. The van der Waals surface area contributed by atoms with Gasteiger partial charge in [-0.3, -0.25) is 14.2 Å². The van der Waals surface area contributed by atoms with Gasteiger partial charge >= 0.3 is 0 Å². The van der Waals surface area contributed by atoms with Crippen molar-refractivity contribution in [1.82, 2.24) is 0 Å². The second-order valence-electron chi connectivity index (χ2n) is 6.96. The van der Waals surface area contributed by atoms with E-state index in [4.69, 9.17) is 4.74 Å². The van der Waals surface area contributed by atoms with Gasteiger partial charge in [-0.15, -0.1) is 0 Å². The average molecular weight is 490 g/mol. The number of carbonyl (C=O) groups is 1. The molecule has 0 fully saturated rings. The molecular formula is C22H23N3O6S2. The van der Waals surface area contributed by atoms with E-state index < -0.39 is 26.0 Å². The van der Waals surface area contributed by atoms with Crippen LogP contribution in [-0.4, -0.2) is 35.6 Å². The van der Waals surface area contributed by atoms with Gasteiger partial charge in [-0.1, -0.05) is 12.1 Å². The standard InChI is InChI=1S/C22H23N3O6S2/c1-3-31-18-12-8-17(9-13-18)24-33(29,30)19-14-10-16(11-15-19)23-22(26)20-6-4-5-7-21(20)25-32(2,27)28/h4-15,24-25H,3H2,1-2H3,(H,23,26). The summed E-state index contributed by atoms with van der Waals surface area (Å²) in [6.45, 7) is 2.36. The fraction of sp³-hybridized carbons (Fsp3) is 0.136. The van der Waals surface area contributed by atoms with Crippen LogP contribution in [0.4, 0.5) is 17.1 Å². The monoisotopic (exact) mass is 489 g/mol. The number of hydrogen-bond acceptors (Lipinski definition) is 6. The quantitative estimate of drug-likeness (QED) is 0.422. The van der Waals surface area contributed by atoms with Gasteiger partial charge in [0.25, 0.3) is 15.9 Å². The zero-order valence-corrected chi connectivity index (χ0v) is 19.5. The van der Waals surface area contributed by atoms with Crippen LogP contribution in [0.3, 0.4) is 0 Å². The van der Waals surface area contributed by atoms with Gasteiger partial charge in [0.2, 0.25) is 10.0 Å². The zero-order valence-electron chi connectivity index (χ0n) is 17.9. The lowest BCUT2D eigenvalue weighted by Gasteiger charge is -2.12. The van der Waals surface area contributed by atoms with E-state index in [1.807, 2.05) is 6.92 Å². The van der Waals surface area contributed by atoms with Gasteiger partial charge in [-0.05, 0) is 67.6 Å². The minimum Gasteiger partial charge on any atom is -0.494 e. The Morgan fingerprint density at radius 2 is 1.42 bits per heavy atom. The SMILES string of the molecule is CCOc1ccc(NS(=O)(=O)c2ccc(NC(=O)c3ccccc3NS(C)(=O)=O)cc2)cc1. The van der Waals surface area contributed by atoms with Crippen LogP contribution in [0.2, 0.25) is 0 Å². The first-order valence-electron chi connectivity index (χ1n) is 9.81. The normalized spacial score (nSPS) is 11.5. The highest BCUT2D eigenvalue weighted by Crippen LogP contribution is 2.22. The second-order valence-corrected chi connectivity index (χ2v) is 10.4. The third kappa shape index (κ3) is 6.70. The van der Waals surface area contributed by atoms with Crippen LogP contribution in [0.25, 0.3) is 0 Å². The van der Waals surface area contributed by atoms with Crippen molar-refractivity contribution in [3.63, 3.8) is 0 Å². The summed E-state index contributed by atoms with van der Waals surface area (Å²) in [5, 5.41) is 2.63. The minimum absolute atomic E-state index is 0.00790. The molecule has 0 radical (unpaired) electrons. The van der Waals surface area contributed by atoms with E-state index in [0.717, 1.165) is 6.26 Å². The summed E-state index contributed by atoms with van der Waals surface area (Å²) < 4.78 is 58.5. The van der Waals surface area contributed by atoms with Crippen molar-refractivity contribution in [2.45, 2.75) is 11.8 Å². The topological polar surface area (TPSA) is 131 Å². The zero-order chi connectivity index (χ0) is 24.1. The first-order valence-corrected chi connectivity index (χ1v) is 13.2. The molecule has 3 rings (SSSR count). The molecule has 3 N–H and O–H groups in total. The number of sulfonamides is 2. The van der Waals surface area contributed by atoms with Crippen LogP contribution in [0.5, 0.6) is 5.75 Å². The molecule has 174 valence electrons. The van der Waals surface area contributed by atoms with E-state index in [1.165, 1.54) is 36.4 Å². The summed E-state index contributed by atoms with van der Waals surface area (Å²) in [6, 6.07) is 18.3. The molecule has 0 aliphatic heterocycles. The minimum atomic E-state index is -3.84. The lowest BCUT2D eigenvalue weighted by Crippen LogP contribution is -2.17. The van der Waals surface area contributed by atoms with Crippen molar-refractivity contribution < 1.29 is 26.4 Å². The fourth-order valence-electron chi connectivity index (χ4n) is 2.89. The summed E-state index contributed by atoms with van der Waals surface area (Å²) in [4.78, 5) is 12.6. The van der Waals surface area contributed by atoms with Crippen molar-refractivity contribution in [2.24, 2.45) is 0 Å². The van der Waals surface area contributed by atoms with E-state index in [-0.39, 0.29) is 16.1 Å². The van der Waals surface area contributed by atoms with Crippen molar-refractivity contribution in [2.75, 3.05) is 27.6 Å². The number of carbonyl (C=O) groups excluding carboxylic acids is 1. The summed E-state index contributed by atoms with van der Waals surface area (Å²) in [5.41, 5.74) is 0.980. The smallest absolute Gasteiger partial charge is 0.261 e. The van der Waals surface area contributed by atoms with E-state index >= 15 is 0 Å². The summed E-state index contributed by atoms with van der Waals surface area (Å²) in [5.74, 6) is 0.0822. The van der Waals surface area contributed by atoms with Crippen LogP contribution in [0, 0.1) is 0 Å². The van der Waals surface area contributed by atoms with Crippen molar-refractivity contribution in [3.8, 4) is 5.75 Å². The molecule has 0 atom stereocenters. The molecule has 33 heavy (non-hydrogen) atoms. The first-order chi connectivity index (χ1) is 15.6. The molecule has 0 spiro atoms. The number of anilines is 3. The number of nitrogens with one attached hydrogen (secondary N) is 3. The maximum absolute atomic E-state index is 12.6. The Morgan fingerprint density at radius 3 is 2.03 bits per heavy atom. The maximum atomic E-state index is 12.6. The molecule has 0 bridgehead atoms. The van der Waals surface area contributed by atoms with Crippen LogP contribution >= 0.6 is 0 Å². The van der Waals surface area contributed by atoms with E-state index in [2.05, 4.69) is 14.8 Å². The molecule has 0 saturated heterocycles. The molecule has 3 aromatic carbocycles. The Morgan fingerprint density at radius 1 is 0.818 bits per heavy atom. The summed E-state index contributed by atoms with van der Waals surface area (Å²) in [6.07, 6.45) is 0.988. The van der Waals surface area contributed by atoms with Crippen LogP contribution < -0.4 is 19.5 Å². The number of amides is 1. The molecule has 0 unspecified atom stereocenters. The molecule has 0 aliphatic carbocycles. The highest BCUT2D eigenvalue weighted by Gasteiger charge is 2.16. The molecule has 0 aromatic heterocycles. The first kappa shape index (κ1) is 24.1. The molecular weight excluding hydrogens is 466 g/mol. The molecule has 1 amide bonds. The Labute approximate surface area is 192 Å². The Hall–Kier alpha value is -3.57. The van der Waals surface area contributed by atoms with E-state index in [1.54, 1.807) is 36.4 Å². The number of hydrogen-bond donors (Lipinski definition) is 3. The Kier molecular flexibility index (Phi) is 7.24.